The van der Waals surface area contributed by atoms with E-state index in [-0.39, 0.29) is 13.0 Å². The van der Waals surface area contributed by atoms with E-state index in [1.54, 1.807) is 0 Å². The van der Waals surface area contributed by atoms with Crippen LogP contribution in [0.15, 0.2) is 24.8 Å². The molecule has 4 nitrogen and oxygen atoms in total. The van der Waals surface area contributed by atoms with Gasteiger partial charge in [0.1, 0.15) is 6.61 Å². The maximum atomic E-state index is 11.6. The highest BCUT2D eigenvalue weighted by Crippen LogP contribution is 2.18. The first-order valence-electron chi connectivity index (χ1n) is 17.8. The molecular formula is C37H68O4. The Morgan fingerprint density at radius 3 is 1.34 bits per heavy atom. The molecule has 0 radical (unpaired) electrons. The van der Waals surface area contributed by atoms with Gasteiger partial charge in [0.05, 0.1) is 12.3 Å². The fraction of sp³-hybridized carbons (Fsp3) is 0.838. The zero-order valence-electron chi connectivity index (χ0n) is 27.2. The molecule has 0 aromatic carbocycles. The van der Waals surface area contributed by atoms with Gasteiger partial charge in [-0.05, 0) is 32.1 Å². The smallest absolute Gasteiger partial charge is 0.307 e. The normalized spacial score (nSPS) is 12.1. The van der Waals surface area contributed by atoms with E-state index in [0.29, 0.717) is 6.42 Å². The summed E-state index contributed by atoms with van der Waals surface area (Å²) in [6.45, 7) is 5.93. The van der Waals surface area contributed by atoms with E-state index in [4.69, 9.17) is 4.74 Å². The number of ether oxygens (including phenoxy) is 1. The number of hydrogen-bond acceptors (Lipinski definition) is 3. The molecule has 0 rings (SSSR count). The number of aliphatic carboxylic acids is 1. The molecule has 41 heavy (non-hydrogen) atoms. The summed E-state index contributed by atoms with van der Waals surface area (Å²) in [6, 6.07) is 0. The van der Waals surface area contributed by atoms with E-state index >= 15 is 0 Å². The molecule has 1 N–H and O–H groups in total. The summed E-state index contributed by atoms with van der Waals surface area (Å²) in [7, 11) is 0. The van der Waals surface area contributed by atoms with Gasteiger partial charge >= 0.3 is 11.9 Å². The summed E-state index contributed by atoms with van der Waals surface area (Å²) in [5.41, 5.74) is 0. The van der Waals surface area contributed by atoms with Crippen LogP contribution < -0.4 is 0 Å². The van der Waals surface area contributed by atoms with Crippen molar-refractivity contribution >= 4 is 11.9 Å². The van der Waals surface area contributed by atoms with Crippen molar-refractivity contribution < 1.29 is 19.4 Å². The Balaban J connectivity index is 3.32. The minimum atomic E-state index is -0.901. The van der Waals surface area contributed by atoms with Gasteiger partial charge in [-0.15, -0.1) is 0 Å². The van der Waals surface area contributed by atoms with Gasteiger partial charge in [0.2, 0.25) is 0 Å². The molecule has 0 amide bonds. The number of carboxylic acid groups (broad SMARTS) is 1. The molecule has 0 aromatic heterocycles. The third-order valence-corrected chi connectivity index (χ3v) is 8.19. The van der Waals surface area contributed by atoms with Crippen molar-refractivity contribution in [3.63, 3.8) is 0 Å². The van der Waals surface area contributed by atoms with Crippen LogP contribution >= 0.6 is 0 Å². The Morgan fingerprint density at radius 1 is 0.610 bits per heavy atom. The van der Waals surface area contributed by atoms with Crippen molar-refractivity contribution in [2.75, 3.05) is 6.61 Å². The molecule has 0 saturated heterocycles. The van der Waals surface area contributed by atoms with Gasteiger partial charge in [-0.2, -0.15) is 0 Å². The fourth-order valence-electron chi connectivity index (χ4n) is 5.48. The van der Waals surface area contributed by atoms with Crippen LogP contribution in [0.25, 0.3) is 0 Å². The summed E-state index contributed by atoms with van der Waals surface area (Å²) in [5.74, 6) is -1.98. The second-order valence-electron chi connectivity index (χ2n) is 12.2. The van der Waals surface area contributed by atoms with Crippen molar-refractivity contribution in [2.24, 2.45) is 5.92 Å². The van der Waals surface area contributed by atoms with E-state index in [0.717, 1.165) is 19.3 Å². The lowest BCUT2D eigenvalue weighted by Crippen LogP contribution is -2.19. The van der Waals surface area contributed by atoms with E-state index in [9.17, 15) is 14.7 Å². The van der Waals surface area contributed by atoms with Crippen LogP contribution in [-0.2, 0) is 14.3 Å². The largest absolute Gasteiger partial charge is 0.481 e. The number of carbonyl (C=O) groups is 2. The van der Waals surface area contributed by atoms with Crippen LogP contribution in [0.1, 0.15) is 187 Å². The van der Waals surface area contributed by atoms with Gasteiger partial charge < -0.3 is 9.84 Å². The zero-order chi connectivity index (χ0) is 30.1. The monoisotopic (exact) mass is 577 g/mol. The number of carbonyl (C=O) groups excluding carboxylic acids is 1. The van der Waals surface area contributed by atoms with Gasteiger partial charge in [0, 0.05) is 0 Å². The predicted molar refractivity (Wildman–Crippen MR) is 176 cm³/mol. The van der Waals surface area contributed by atoms with Crippen molar-refractivity contribution in [3.05, 3.63) is 24.8 Å². The van der Waals surface area contributed by atoms with Gasteiger partial charge in [0.25, 0.3) is 0 Å². The average molecular weight is 577 g/mol. The molecule has 0 fully saturated rings. The fourth-order valence-corrected chi connectivity index (χ4v) is 5.48. The second-order valence-corrected chi connectivity index (χ2v) is 12.2. The van der Waals surface area contributed by atoms with E-state index in [2.05, 4.69) is 25.7 Å². The minimum absolute atomic E-state index is 0.0427. The highest BCUT2D eigenvalue weighted by molar-refractivity contribution is 5.78. The maximum Gasteiger partial charge on any atom is 0.307 e. The van der Waals surface area contributed by atoms with E-state index in [1.807, 2.05) is 0 Å². The number of carboxylic acids is 1. The van der Waals surface area contributed by atoms with Gasteiger partial charge in [-0.3, -0.25) is 9.59 Å². The lowest BCUT2D eigenvalue weighted by atomic mass is 9.97. The van der Waals surface area contributed by atoms with Crippen LogP contribution in [0, 0.1) is 5.92 Å². The lowest BCUT2D eigenvalue weighted by Gasteiger charge is -2.11. The molecule has 4 heteroatoms. The SMILES string of the molecule is C=CCOC(=O)CC(CCCCCCCCCCCCC/C=C/CCCCCCCCCCCCCCC)C(=O)O. The Hall–Kier alpha value is -1.58. The van der Waals surface area contributed by atoms with Crippen LogP contribution in [0.5, 0.6) is 0 Å². The van der Waals surface area contributed by atoms with Crippen molar-refractivity contribution in [3.8, 4) is 0 Å². The van der Waals surface area contributed by atoms with Gasteiger partial charge in [-0.1, -0.05) is 173 Å². The standard InChI is InChI=1S/C37H68O4/c1-3-5-6-7-8-9-10-11-12-13-14-15-16-17-18-19-20-21-22-23-24-25-26-27-28-29-30-31-32-35(37(39)40)34-36(38)41-33-4-2/h4,18-19,35H,2-3,5-17,20-34H2,1H3,(H,39,40)/b19-18+. The first kappa shape index (κ1) is 39.4. The first-order chi connectivity index (χ1) is 20.1. The van der Waals surface area contributed by atoms with Crippen LogP contribution in [0.3, 0.4) is 0 Å². The Bertz CT molecular complexity index is 612. The number of hydrogen-bond donors (Lipinski definition) is 1. The molecule has 0 heterocycles. The highest BCUT2D eigenvalue weighted by Gasteiger charge is 2.21. The van der Waals surface area contributed by atoms with Crippen LogP contribution in [0.4, 0.5) is 0 Å². The topological polar surface area (TPSA) is 63.6 Å². The third kappa shape index (κ3) is 31.2. The molecule has 0 bridgehead atoms. The Morgan fingerprint density at radius 2 is 0.976 bits per heavy atom. The predicted octanol–water partition coefficient (Wildman–Crippen LogP) is 11.9. The first-order valence-corrected chi connectivity index (χ1v) is 17.8. The van der Waals surface area contributed by atoms with Crippen LogP contribution in [0.2, 0.25) is 0 Å². The van der Waals surface area contributed by atoms with Gasteiger partial charge in [0.15, 0.2) is 0 Å². The molecule has 0 aromatic rings. The quantitative estimate of drug-likeness (QED) is 0.0479. The second kappa shape index (κ2) is 32.9. The number of rotatable bonds is 33. The Labute approximate surface area is 255 Å². The molecule has 1 unspecified atom stereocenters. The minimum Gasteiger partial charge on any atom is -0.481 e. The molecular weight excluding hydrogens is 508 g/mol. The number of esters is 1. The maximum absolute atomic E-state index is 11.6. The number of allylic oxidation sites excluding steroid dienone is 2. The molecule has 0 aliphatic heterocycles. The molecule has 240 valence electrons. The Kier molecular flexibility index (Phi) is 31.7. The van der Waals surface area contributed by atoms with Gasteiger partial charge in [-0.25, -0.2) is 0 Å². The average Bonchev–Trinajstić information content (AvgIpc) is 2.96. The van der Waals surface area contributed by atoms with Crippen molar-refractivity contribution in [2.45, 2.75) is 187 Å². The zero-order valence-corrected chi connectivity index (χ0v) is 27.2. The molecule has 0 aliphatic carbocycles. The summed E-state index contributed by atoms with van der Waals surface area (Å²) < 4.78 is 4.91. The summed E-state index contributed by atoms with van der Waals surface area (Å²) in [6.07, 6.45) is 41.5. The molecule has 0 aliphatic rings. The van der Waals surface area contributed by atoms with Crippen LogP contribution in [-0.4, -0.2) is 23.7 Å². The lowest BCUT2D eigenvalue weighted by molar-refractivity contribution is -0.151. The molecule has 1 atom stereocenters. The molecule has 0 saturated carbocycles. The number of unbranched alkanes of at least 4 members (excludes halogenated alkanes) is 24. The van der Waals surface area contributed by atoms with E-state index < -0.39 is 17.9 Å². The van der Waals surface area contributed by atoms with E-state index in [1.165, 1.54) is 154 Å². The van der Waals surface area contributed by atoms with Crippen molar-refractivity contribution in [1.29, 1.82) is 0 Å². The van der Waals surface area contributed by atoms with Crippen molar-refractivity contribution in [1.82, 2.24) is 0 Å². The molecule has 0 spiro atoms. The summed E-state index contributed by atoms with van der Waals surface area (Å²) >= 11 is 0. The summed E-state index contributed by atoms with van der Waals surface area (Å²) in [4.78, 5) is 23.0. The summed E-state index contributed by atoms with van der Waals surface area (Å²) in [5, 5.41) is 9.32. The third-order valence-electron chi connectivity index (χ3n) is 8.19. The highest BCUT2D eigenvalue weighted by atomic mass is 16.5.